The van der Waals surface area contributed by atoms with Gasteiger partial charge in [-0.25, -0.2) is 0 Å². The van der Waals surface area contributed by atoms with Crippen LogP contribution in [0.4, 0.5) is 0 Å². The summed E-state index contributed by atoms with van der Waals surface area (Å²) in [6.45, 7) is 7.06. The molecule has 0 aliphatic rings. The highest BCUT2D eigenvalue weighted by atomic mass is 15.1. The van der Waals surface area contributed by atoms with Crippen LogP contribution >= 0.6 is 0 Å². The third-order valence-corrected chi connectivity index (χ3v) is 1.66. The quantitative estimate of drug-likeness (QED) is 0.547. The summed E-state index contributed by atoms with van der Waals surface area (Å²) in [6.07, 6.45) is 3.57. The van der Waals surface area contributed by atoms with Gasteiger partial charge in [-0.2, -0.15) is 5.26 Å². The topological polar surface area (TPSA) is 27.0 Å². The second-order valence-electron chi connectivity index (χ2n) is 2.79. The largest absolute Gasteiger partial charge is 0.291 e. The molecule has 0 saturated heterocycles. The Morgan fingerprint density at radius 2 is 1.91 bits per heavy atom. The summed E-state index contributed by atoms with van der Waals surface area (Å²) in [5.74, 6) is 0. The maximum Gasteiger partial charge on any atom is 0.0865 e. The van der Waals surface area contributed by atoms with Crippen molar-refractivity contribution in [2.24, 2.45) is 0 Å². The first-order valence-corrected chi connectivity index (χ1v) is 4.44. The highest BCUT2D eigenvalue weighted by Crippen LogP contribution is 1.95. The van der Waals surface area contributed by atoms with E-state index in [1.807, 2.05) is 0 Å². The van der Waals surface area contributed by atoms with E-state index in [1.54, 1.807) is 0 Å². The third-order valence-electron chi connectivity index (χ3n) is 1.66. The van der Waals surface area contributed by atoms with E-state index < -0.39 is 0 Å². The van der Waals surface area contributed by atoms with Crippen LogP contribution in [0.5, 0.6) is 0 Å². The second-order valence-corrected chi connectivity index (χ2v) is 2.79. The fraction of sp³-hybridized carbons (Fsp3) is 0.889. The molecule has 0 rings (SSSR count). The maximum absolute atomic E-state index is 8.47. The monoisotopic (exact) mass is 154 g/mol. The van der Waals surface area contributed by atoms with Gasteiger partial charge in [0.1, 0.15) is 0 Å². The Hall–Kier alpha value is -0.550. The van der Waals surface area contributed by atoms with Crippen LogP contribution in [0.3, 0.4) is 0 Å². The van der Waals surface area contributed by atoms with Gasteiger partial charge in [0.15, 0.2) is 0 Å². The van der Waals surface area contributed by atoms with E-state index in [1.165, 1.54) is 12.8 Å². The van der Waals surface area contributed by atoms with Gasteiger partial charge in [0.05, 0.1) is 12.6 Å². The molecule has 0 spiro atoms. The van der Waals surface area contributed by atoms with Gasteiger partial charge >= 0.3 is 0 Å². The average Bonchev–Trinajstić information content (AvgIpc) is 2.01. The van der Waals surface area contributed by atoms with Crippen LogP contribution in [0.1, 0.15) is 33.1 Å². The van der Waals surface area contributed by atoms with Crippen molar-refractivity contribution in [3.63, 3.8) is 0 Å². The number of hydrogen-bond acceptors (Lipinski definition) is 2. The molecule has 0 bridgehead atoms. The Labute approximate surface area is 69.8 Å². The summed E-state index contributed by atoms with van der Waals surface area (Å²) < 4.78 is 0. The number of hydrogen-bond donors (Lipinski definition) is 0. The lowest BCUT2D eigenvalue weighted by Crippen LogP contribution is -2.25. The van der Waals surface area contributed by atoms with Gasteiger partial charge in [-0.15, -0.1) is 0 Å². The van der Waals surface area contributed by atoms with Gasteiger partial charge < -0.3 is 0 Å². The van der Waals surface area contributed by atoms with Crippen molar-refractivity contribution >= 4 is 0 Å². The first kappa shape index (κ1) is 10.4. The molecule has 0 unspecified atom stereocenters. The molecule has 2 heteroatoms. The summed E-state index contributed by atoms with van der Waals surface area (Å²) in [5.41, 5.74) is 0. The van der Waals surface area contributed by atoms with Crippen LogP contribution in [-0.4, -0.2) is 24.5 Å². The average molecular weight is 154 g/mol. The van der Waals surface area contributed by atoms with Gasteiger partial charge in [0.25, 0.3) is 0 Å². The molecule has 2 nitrogen and oxygen atoms in total. The maximum atomic E-state index is 8.47. The zero-order valence-electron chi connectivity index (χ0n) is 7.64. The van der Waals surface area contributed by atoms with Crippen LogP contribution in [0.15, 0.2) is 0 Å². The van der Waals surface area contributed by atoms with Gasteiger partial charge in [0.2, 0.25) is 0 Å². The van der Waals surface area contributed by atoms with E-state index in [2.05, 4.69) is 24.8 Å². The van der Waals surface area contributed by atoms with Crippen molar-refractivity contribution in [2.45, 2.75) is 33.1 Å². The molecule has 0 aliphatic carbocycles. The summed E-state index contributed by atoms with van der Waals surface area (Å²) >= 11 is 0. The normalized spacial score (nSPS) is 10.0. The summed E-state index contributed by atoms with van der Waals surface area (Å²) in [5, 5.41) is 8.47. The van der Waals surface area contributed by atoms with Crippen LogP contribution in [0, 0.1) is 11.3 Å². The molecule has 0 heterocycles. The molecule has 0 saturated carbocycles. The molecule has 64 valence electrons. The molecule has 0 N–H and O–H groups in total. The molecular formula is C9H18N2. The van der Waals surface area contributed by atoms with Crippen molar-refractivity contribution in [2.75, 3.05) is 19.6 Å². The molecule has 0 aromatic heterocycles. The van der Waals surface area contributed by atoms with Gasteiger partial charge in [-0.05, 0) is 25.9 Å². The summed E-state index contributed by atoms with van der Waals surface area (Å²) in [4.78, 5) is 2.21. The minimum atomic E-state index is 0.591. The van der Waals surface area contributed by atoms with Crippen LogP contribution < -0.4 is 0 Å². The SMILES string of the molecule is CCCCN(CC#N)CCC. The third kappa shape index (κ3) is 5.87. The lowest BCUT2D eigenvalue weighted by molar-refractivity contribution is 0.301. The molecule has 0 aromatic rings. The highest BCUT2D eigenvalue weighted by Gasteiger charge is 2.00. The van der Waals surface area contributed by atoms with Crippen molar-refractivity contribution in [1.29, 1.82) is 5.26 Å². The first-order chi connectivity index (χ1) is 5.35. The summed E-state index contributed by atoms with van der Waals surface area (Å²) in [6, 6.07) is 2.19. The fourth-order valence-electron chi connectivity index (χ4n) is 1.07. The second kappa shape index (κ2) is 7.56. The number of nitriles is 1. The Morgan fingerprint density at radius 1 is 1.18 bits per heavy atom. The van der Waals surface area contributed by atoms with E-state index in [0.29, 0.717) is 6.54 Å². The Morgan fingerprint density at radius 3 is 2.36 bits per heavy atom. The molecule has 0 radical (unpaired) electrons. The van der Waals surface area contributed by atoms with Crippen LogP contribution in [0.25, 0.3) is 0 Å². The standard InChI is InChI=1S/C9H18N2/c1-3-5-8-11(7-4-2)9-6-10/h3-5,7-9H2,1-2H3. The van der Waals surface area contributed by atoms with Crippen molar-refractivity contribution in [3.05, 3.63) is 0 Å². The highest BCUT2D eigenvalue weighted by molar-refractivity contribution is 4.75. The molecule has 0 amide bonds. The van der Waals surface area contributed by atoms with Gasteiger partial charge in [-0.3, -0.25) is 4.90 Å². The smallest absolute Gasteiger partial charge is 0.0865 e. The number of rotatable bonds is 6. The lowest BCUT2D eigenvalue weighted by atomic mass is 10.3. The number of nitrogens with zero attached hydrogens (tertiary/aromatic N) is 2. The molecular weight excluding hydrogens is 136 g/mol. The molecule has 0 atom stereocenters. The Bertz CT molecular complexity index is 115. The fourth-order valence-corrected chi connectivity index (χ4v) is 1.07. The minimum absolute atomic E-state index is 0.591. The van der Waals surface area contributed by atoms with E-state index in [-0.39, 0.29) is 0 Å². The van der Waals surface area contributed by atoms with Crippen LogP contribution in [-0.2, 0) is 0 Å². The van der Waals surface area contributed by atoms with Gasteiger partial charge in [-0.1, -0.05) is 20.3 Å². The lowest BCUT2D eigenvalue weighted by Gasteiger charge is -2.16. The van der Waals surface area contributed by atoms with Gasteiger partial charge in [0, 0.05) is 0 Å². The Kier molecular flexibility index (Phi) is 7.18. The van der Waals surface area contributed by atoms with E-state index in [9.17, 15) is 0 Å². The van der Waals surface area contributed by atoms with Crippen molar-refractivity contribution in [1.82, 2.24) is 4.90 Å². The van der Waals surface area contributed by atoms with E-state index in [0.717, 1.165) is 19.5 Å². The number of unbranched alkanes of at least 4 members (excludes halogenated alkanes) is 1. The molecule has 0 aromatic carbocycles. The summed E-state index contributed by atoms with van der Waals surface area (Å²) in [7, 11) is 0. The molecule has 11 heavy (non-hydrogen) atoms. The first-order valence-electron chi connectivity index (χ1n) is 4.44. The van der Waals surface area contributed by atoms with E-state index >= 15 is 0 Å². The molecule has 0 aliphatic heterocycles. The van der Waals surface area contributed by atoms with E-state index in [4.69, 9.17) is 5.26 Å². The molecule has 0 fully saturated rings. The Balaban J connectivity index is 3.44. The minimum Gasteiger partial charge on any atom is -0.291 e. The van der Waals surface area contributed by atoms with Crippen LogP contribution in [0.2, 0.25) is 0 Å². The zero-order chi connectivity index (χ0) is 8.53. The zero-order valence-corrected chi connectivity index (χ0v) is 7.64. The van der Waals surface area contributed by atoms with Crippen molar-refractivity contribution < 1.29 is 0 Å². The predicted molar refractivity (Wildman–Crippen MR) is 47.3 cm³/mol. The van der Waals surface area contributed by atoms with Crippen molar-refractivity contribution in [3.8, 4) is 6.07 Å². The predicted octanol–water partition coefficient (Wildman–Crippen LogP) is 2.02.